The Hall–Kier alpha value is -1.36. The van der Waals surface area contributed by atoms with Gasteiger partial charge in [-0.15, -0.1) is 0 Å². The molecule has 1 aliphatic carbocycles. The monoisotopic (exact) mass is 319 g/mol. The smallest absolute Gasteiger partial charge is 0.269 e. The number of carbonyl (C=O) groups excluding carboxylic acids is 1. The summed E-state index contributed by atoms with van der Waals surface area (Å²) in [6, 6.07) is 2.08. The van der Waals surface area contributed by atoms with Gasteiger partial charge >= 0.3 is 0 Å². The lowest BCUT2D eigenvalue weighted by atomic mass is 9.96. The van der Waals surface area contributed by atoms with Crippen LogP contribution in [0.5, 0.6) is 0 Å². The van der Waals surface area contributed by atoms with Crippen LogP contribution in [0.3, 0.4) is 0 Å². The molecular formula is C18H29N3O2. The van der Waals surface area contributed by atoms with Crippen molar-refractivity contribution >= 4 is 5.91 Å². The maximum absolute atomic E-state index is 12.7. The molecule has 2 fully saturated rings. The van der Waals surface area contributed by atoms with Crippen molar-refractivity contribution in [3.8, 4) is 0 Å². The summed E-state index contributed by atoms with van der Waals surface area (Å²) in [5, 5.41) is 7.72. The molecule has 1 aromatic rings. The topological polar surface area (TPSA) is 56.2 Å². The van der Waals surface area contributed by atoms with E-state index in [0.717, 1.165) is 31.4 Å². The standard InChI is InChI=1S/C18H29N3O2/c1-4-21-16(10-14(20-21)9-13(2)3)17(22)19-15-11-18(23-12-15)7-5-6-8-18/h10,13,15H,4-9,11-12H2,1-3H3,(H,19,22)/t15-/m1/s1. The number of amides is 1. The molecule has 1 atom stereocenters. The van der Waals surface area contributed by atoms with Gasteiger partial charge in [0.1, 0.15) is 5.69 Å². The molecule has 1 amide bonds. The fraction of sp³-hybridized carbons (Fsp3) is 0.778. The number of ether oxygens (including phenoxy) is 1. The highest BCUT2D eigenvalue weighted by Crippen LogP contribution is 2.40. The molecule has 1 saturated heterocycles. The van der Waals surface area contributed by atoms with E-state index in [-0.39, 0.29) is 17.6 Å². The van der Waals surface area contributed by atoms with Crippen molar-refractivity contribution in [1.82, 2.24) is 15.1 Å². The average Bonchev–Trinajstić information content (AvgIpc) is 3.20. The zero-order valence-corrected chi connectivity index (χ0v) is 14.6. The van der Waals surface area contributed by atoms with Crippen molar-refractivity contribution in [3.05, 3.63) is 17.5 Å². The second kappa shape index (κ2) is 6.63. The van der Waals surface area contributed by atoms with E-state index in [1.165, 1.54) is 12.8 Å². The summed E-state index contributed by atoms with van der Waals surface area (Å²) >= 11 is 0. The first kappa shape index (κ1) is 16.5. The molecule has 1 aromatic heterocycles. The van der Waals surface area contributed by atoms with Gasteiger partial charge in [-0.2, -0.15) is 5.10 Å². The van der Waals surface area contributed by atoms with E-state index in [0.29, 0.717) is 24.8 Å². The van der Waals surface area contributed by atoms with Crippen LogP contribution in [0.2, 0.25) is 0 Å². The molecule has 128 valence electrons. The summed E-state index contributed by atoms with van der Waals surface area (Å²) in [4.78, 5) is 12.7. The van der Waals surface area contributed by atoms with Gasteiger partial charge in [0.25, 0.3) is 5.91 Å². The Morgan fingerprint density at radius 1 is 1.48 bits per heavy atom. The van der Waals surface area contributed by atoms with Crippen LogP contribution >= 0.6 is 0 Å². The third-order valence-corrected chi connectivity index (χ3v) is 5.04. The Kier molecular flexibility index (Phi) is 4.76. The van der Waals surface area contributed by atoms with Crippen molar-refractivity contribution in [2.75, 3.05) is 6.61 Å². The first-order valence-corrected chi connectivity index (χ1v) is 9.03. The Labute approximate surface area is 138 Å². The molecule has 5 heteroatoms. The molecular weight excluding hydrogens is 290 g/mol. The van der Waals surface area contributed by atoms with Gasteiger partial charge in [-0.05, 0) is 44.6 Å². The largest absolute Gasteiger partial charge is 0.373 e. The predicted octanol–water partition coefficient (Wildman–Crippen LogP) is 2.93. The van der Waals surface area contributed by atoms with Crippen molar-refractivity contribution in [2.24, 2.45) is 5.92 Å². The van der Waals surface area contributed by atoms with E-state index in [9.17, 15) is 4.79 Å². The zero-order valence-electron chi connectivity index (χ0n) is 14.6. The summed E-state index contributed by atoms with van der Waals surface area (Å²) in [6.07, 6.45) is 6.65. The molecule has 5 nitrogen and oxygen atoms in total. The fourth-order valence-electron chi connectivity index (χ4n) is 3.98. The van der Waals surface area contributed by atoms with Crippen LogP contribution in [0.15, 0.2) is 6.07 Å². The van der Waals surface area contributed by atoms with Gasteiger partial charge in [0.2, 0.25) is 0 Å². The predicted molar refractivity (Wildman–Crippen MR) is 89.5 cm³/mol. The zero-order chi connectivity index (χ0) is 16.4. The van der Waals surface area contributed by atoms with E-state index in [1.54, 1.807) is 0 Å². The maximum Gasteiger partial charge on any atom is 0.269 e. The van der Waals surface area contributed by atoms with Crippen molar-refractivity contribution in [3.63, 3.8) is 0 Å². The van der Waals surface area contributed by atoms with Gasteiger partial charge in [-0.1, -0.05) is 26.7 Å². The highest BCUT2D eigenvalue weighted by Gasteiger charge is 2.43. The molecule has 0 bridgehead atoms. The third-order valence-electron chi connectivity index (χ3n) is 5.04. The highest BCUT2D eigenvalue weighted by atomic mass is 16.5. The second-order valence-corrected chi connectivity index (χ2v) is 7.51. The minimum atomic E-state index is -0.0157. The van der Waals surface area contributed by atoms with E-state index in [4.69, 9.17) is 4.74 Å². The van der Waals surface area contributed by atoms with Crippen LogP contribution in [-0.2, 0) is 17.7 Å². The molecule has 1 saturated carbocycles. The van der Waals surface area contributed by atoms with E-state index < -0.39 is 0 Å². The number of nitrogens with one attached hydrogen (secondary N) is 1. The Morgan fingerprint density at radius 3 is 2.87 bits per heavy atom. The van der Waals surface area contributed by atoms with Crippen LogP contribution in [0.1, 0.15) is 69.1 Å². The normalized spacial score (nSPS) is 23.0. The Balaban J connectivity index is 1.65. The first-order chi connectivity index (χ1) is 11.0. The molecule has 1 spiro atoms. The van der Waals surface area contributed by atoms with Gasteiger partial charge < -0.3 is 10.1 Å². The van der Waals surface area contributed by atoms with Crippen molar-refractivity contribution < 1.29 is 9.53 Å². The molecule has 2 heterocycles. The SMILES string of the molecule is CCn1nc(CC(C)C)cc1C(=O)N[C@H]1COC2(CCCC2)C1. The van der Waals surface area contributed by atoms with E-state index in [2.05, 4.69) is 24.3 Å². The van der Waals surface area contributed by atoms with Crippen molar-refractivity contribution in [2.45, 2.75) is 77.5 Å². The summed E-state index contributed by atoms with van der Waals surface area (Å²) in [5.74, 6) is 0.523. The summed E-state index contributed by atoms with van der Waals surface area (Å²) < 4.78 is 7.84. The maximum atomic E-state index is 12.7. The minimum Gasteiger partial charge on any atom is -0.373 e. The van der Waals surface area contributed by atoms with Crippen LogP contribution in [0, 0.1) is 5.92 Å². The Bertz CT molecular complexity index is 559. The molecule has 0 unspecified atom stereocenters. The quantitative estimate of drug-likeness (QED) is 0.908. The van der Waals surface area contributed by atoms with Gasteiger partial charge in [0, 0.05) is 6.54 Å². The van der Waals surface area contributed by atoms with Crippen LogP contribution < -0.4 is 5.32 Å². The van der Waals surface area contributed by atoms with E-state index >= 15 is 0 Å². The number of rotatable bonds is 5. The third kappa shape index (κ3) is 3.60. The number of aromatic nitrogens is 2. The fourth-order valence-corrected chi connectivity index (χ4v) is 3.98. The Morgan fingerprint density at radius 2 is 2.22 bits per heavy atom. The van der Waals surface area contributed by atoms with Gasteiger partial charge in [0.15, 0.2) is 0 Å². The van der Waals surface area contributed by atoms with Crippen LogP contribution in [-0.4, -0.2) is 33.9 Å². The number of hydrogen-bond donors (Lipinski definition) is 1. The number of aryl methyl sites for hydroxylation is 1. The molecule has 0 radical (unpaired) electrons. The second-order valence-electron chi connectivity index (χ2n) is 7.51. The lowest BCUT2D eigenvalue weighted by Crippen LogP contribution is -2.37. The van der Waals surface area contributed by atoms with E-state index in [1.807, 2.05) is 17.7 Å². The number of carbonyl (C=O) groups is 1. The van der Waals surface area contributed by atoms with Crippen LogP contribution in [0.25, 0.3) is 0 Å². The minimum absolute atomic E-state index is 0.0157. The summed E-state index contributed by atoms with van der Waals surface area (Å²) in [5.41, 5.74) is 1.73. The van der Waals surface area contributed by atoms with Crippen molar-refractivity contribution in [1.29, 1.82) is 0 Å². The first-order valence-electron chi connectivity index (χ1n) is 9.03. The lowest BCUT2D eigenvalue weighted by Gasteiger charge is -2.21. The van der Waals surface area contributed by atoms with Gasteiger partial charge in [-0.3, -0.25) is 9.48 Å². The molecule has 3 rings (SSSR count). The average molecular weight is 319 g/mol. The number of nitrogens with zero attached hydrogens (tertiary/aromatic N) is 2. The molecule has 1 N–H and O–H groups in total. The molecule has 23 heavy (non-hydrogen) atoms. The van der Waals surface area contributed by atoms with Crippen LogP contribution in [0.4, 0.5) is 0 Å². The summed E-state index contributed by atoms with van der Waals surface area (Å²) in [7, 11) is 0. The van der Waals surface area contributed by atoms with Gasteiger partial charge in [-0.25, -0.2) is 0 Å². The molecule has 0 aromatic carbocycles. The number of hydrogen-bond acceptors (Lipinski definition) is 3. The summed E-state index contributed by atoms with van der Waals surface area (Å²) in [6.45, 7) is 7.72. The molecule has 1 aliphatic heterocycles. The van der Waals surface area contributed by atoms with Gasteiger partial charge in [0.05, 0.1) is 23.9 Å². The highest BCUT2D eigenvalue weighted by molar-refractivity contribution is 5.92. The lowest BCUT2D eigenvalue weighted by molar-refractivity contribution is 0.00987. The molecule has 2 aliphatic rings.